The third-order valence-corrected chi connectivity index (χ3v) is 2.50. The minimum atomic E-state index is -0.0357. The molecule has 0 fully saturated rings. The Balaban J connectivity index is 2.79. The van der Waals surface area contributed by atoms with Crippen LogP contribution in [0.1, 0.15) is 24.3 Å². The van der Waals surface area contributed by atoms with E-state index in [2.05, 4.69) is 10.3 Å². The van der Waals surface area contributed by atoms with Crippen molar-refractivity contribution in [3.8, 4) is 0 Å². The molecule has 0 radical (unpaired) electrons. The van der Waals surface area contributed by atoms with Crippen LogP contribution in [0.4, 0.5) is 5.69 Å². The lowest BCUT2D eigenvalue weighted by atomic mass is 10.2. The Morgan fingerprint density at radius 3 is 2.76 bits per heavy atom. The van der Waals surface area contributed by atoms with Gasteiger partial charge >= 0.3 is 0 Å². The normalized spacial score (nSPS) is 10.1. The number of carbonyl (C=O) groups excluding carboxylic acids is 1. The van der Waals surface area contributed by atoms with E-state index in [9.17, 15) is 4.79 Å². The van der Waals surface area contributed by atoms with Crippen molar-refractivity contribution in [2.24, 2.45) is 5.73 Å². The number of rotatable bonds is 6. The topological polar surface area (TPSA) is 71.2 Å². The summed E-state index contributed by atoms with van der Waals surface area (Å²) < 4.78 is 0. The number of nitrogens with one attached hydrogen (secondary N) is 1. The molecule has 0 spiro atoms. The molecule has 1 aromatic rings. The smallest absolute Gasteiger partial charge is 0.272 e. The van der Waals surface area contributed by atoms with Crippen molar-refractivity contribution in [3.05, 3.63) is 24.0 Å². The van der Waals surface area contributed by atoms with Gasteiger partial charge in [-0.3, -0.25) is 9.78 Å². The lowest BCUT2D eigenvalue weighted by Gasteiger charge is -2.18. The SMILES string of the molecule is CCN(CC)C(=O)c1cc(NCCN)ccn1. The highest BCUT2D eigenvalue weighted by Crippen LogP contribution is 2.09. The number of aromatic nitrogens is 1. The van der Waals surface area contributed by atoms with Gasteiger partial charge in [0.1, 0.15) is 5.69 Å². The molecule has 1 rings (SSSR count). The molecule has 0 saturated carbocycles. The summed E-state index contributed by atoms with van der Waals surface area (Å²) in [7, 11) is 0. The van der Waals surface area contributed by atoms with Crippen molar-refractivity contribution in [1.29, 1.82) is 0 Å². The molecule has 94 valence electrons. The summed E-state index contributed by atoms with van der Waals surface area (Å²) in [5.74, 6) is -0.0357. The summed E-state index contributed by atoms with van der Waals surface area (Å²) in [4.78, 5) is 17.9. The molecule has 1 amide bonds. The summed E-state index contributed by atoms with van der Waals surface area (Å²) >= 11 is 0. The first-order valence-corrected chi connectivity index (χ1v) is 5.92. The van der Waals surface area contributed by atoms with E-state index in [1.807, 2.05) is 19.9 Å². The van der Waals surface area contributed by atoms with Crippen LogP contribution >= 0.6 is 0 Å². The lowest BCUT2D eigenvalue weighted by Crippen LogP contribution is -2.31. The monoisotopic (exact) mass is 236 g/mol. The Morgan fingerprint density at radius 1 is 1.47 bits per heavy atom. The molecular formula is C12H20N4O. The molecule has 0 aliphatic carbocycles. The molecule has 0 aliphatic heterocycles. The zero-order chi connectivity index (χ0) is 12.7. The quantitative estimate of drug-likeness (QED) is 0.771. The van der Waals surface area contributed by atoms with Crippen LogP contribution in [0.2, 0.25) is 0 Å². The molecule has 0 bridgehead atoms. The van der Waals surface area contributed by atoms with Gasteiger partial charge < -0.3 is 16.0 Å². The van der Waals surface area contributed by atoms with Crippen LogP contribution in [0.15, 0.2) is 18.3 Å². The molecule has 1 aromatic heterocycles. The first-order chi connectivity index (χ1) is 8.22. The number of nitrogens with two attached hydrogens (primary N) is 1. The number of hydrogen-bond acceptors (Lipinski definition) is 4. The van der Waals surface area contributed by atoms with E-state index in [1.54, 1.807) is 17.2 Å². The third-order valence-electron chi connectivity index (χ3n) is 2.50. The van der Waals surface area contributed by atoms with Crippen molar-refractivity contribution >= 4 is 11.6 Å². The minimum absolute atomic E-state index is 0.0357. The van der Waals surface area contributed by atoms with E-state index >= 15 is 0 Å². The molecule has 17 heavy (non-hydrogen) atoms. The summed E-state index contributed by atoms with van der Waals surface area (Å²) in [5.41, 5.74) is 6.76. The fourth-order valence-electron chi connectivity index (χ4n) is 1.55. The third kappa shape index (κ3) is 3.71. The largest absolute Gasteiger partial charge is 0.384 e. The molecule has 0 saturated heterocycles. The molecule has 0 aromatic carbocycles. The Hall–Kier alpha value is -1.62. The highest BCUT2D eigenvalue weighted by Gasteiger charge is 2.13. The maximum absolute atomic E-state index is 12.0. The summed E-state index contributed by atoms with van der Waals surface area (Å²) in [6.07, 6.45) is 1.63. The van der Waals surface area contributed by atoms with Gasteiger partial charge in [0.15, 0.2) is 0 Å². The van der Waals surface area contributed by atoms with Gasteiger partial charge in [-0.15, -0.1) is 0 Å². The molecule has 3 N–H and O–H groups in total. The van der Waals surface area contributed by atoms with Gasteiger partial charge in [-0.1, -0.05) is 0 Å². The minimum Gasteiger partial charge on any atom is -0.384 e. The average Bonchev–Trinajstić information content (AvgIpc) is 2.38. The molecule has 0 unspecified atom stereocenters. The van der Waals surface area contributed by atoms with Crippen molar-refractivity contribution in [3.63, 3.8) is 0 Å². The van der Waals surface area contributed by atoms with Crippen LogP contribution in [0.25, 0.3) is 0 Å². The van der Waals surface area contributed by atoms with E-state index in [-0.39, 0.29) is 5.91 Å². The molecule has 5 nitrogen and oxygen atoms in total. The van der Waals surface area contributed by atoms with Crippen molar-refractivity contribution in [2.75, 3.05) is 31.5 Å². The van der Waals surface area contributed by atoms with E-state index in [0.717, 1.165) is 5.69 Å². The Kier molecular flexibility index (Phi) is 5.42. The Bertz CT molecular complexity index is 363. The number of amides is 1. The Morgan fingerprint density at radius 2 is 2.18 bits per heavy atom. The van der Waals surface area contributed by atoms with E-state index in [0.29, 0.717) is 31.9 Å². The van der Waals surface area contributed by atoms with Crippen LogP contribution in [0, 0.1) is 0 Å². The van der Waals surface area contributed by atoms with Crippen LogP contribution < -0.4 is 11.1 Å². The molecule has 1 heterocycles. The van der Waals surface area contributed by atoms with Gasteiger partial charge in [0.05, 0.1) is 0 Å². The number of pyridine rings is 1. The van der Waals surface area contributed by atoms with Crippen molar-refractivity contribution in [2.45, 2.75) is 13.8 Å². The van der Waals surface area contributed by atoms with Gasteiger partial charge in [0.25, 0.3) is 5.91 Å². The molecule has 5 heteroatoms. The van der Waals surface area contributed by atoms with E-state index in [4.69, 9.17) is 5.73 Å². The van der Waals surface area contributed by atoms with Gasteiger partial charge in [-0.05, 0) is 26.0 Å². The molecule has 0 aliphatic rings. The maximum Gasteiger partial charge on any atom is 0.272 e. The van der Waals surface area contributed by atoms with Gasteiger partial charge in [-0.2, -0.15) is 0 Å². The number of hydrogen-bond donors (Lipinski definition) is 2. The van der Waals surface area contributed by atoms with Crippen molar-refractivity contribution in [1.82, 2.24) is 9.88 Å². The Labute approximate surface area is 102 Å². The first kappa shape index (κ1) is 13.4. The maximum atomic E-state index is 12.0. The fraction of sp³-hybridized carbons (Fsp3) is 0.500. The fourth-order valence-corrected chi connectivity index (χ4v) is 1.55. The highest BCUT2D eigenvalue weighted by atomic mass is 16.2. The molecule has 0 atom stereocenters. The summed E-state index contributed by atoms with van der Waals surface area (Å²) in [5, 5.41) is 3.13. The highest BCUT2D eigenvalue weighted by molar-refractivity contribution is 5.93. The zero-order valence-corrected chi connectivity index (χ0v) is 10.4. The first-order valence-electron chi connectivity index (χ1n) is 5.92. The van der Waals surface area contributed by atoms with E-state index < -0.39 is 0 Å². The van der Waals surface area contributed by atoms with Crippen LogP contribution in [0.5, 0.6) is 0 Å². The number of carbonyl (C=O) groups is 1. The van der Waals surface area contributed by atoms with E-state index in [1.165, 1.54) is 0 Å². The van der Waals surface area contributed by atoms with Gasteiger partial charge in [0.2, 0.25) is 0 Å². The predicted molar refractivity (Wildman–Crippen MR) is 69.0 cm³/mol. The van der Waals surface area contributed by atoms with Gasteiger partial charge in [-0.25, -0.2) is 0 Å². The van der Waals surface area contributed by atoms with Gasteiger partial charge in [0, 0.05) is 38.1 Å². The summed E-state index contributed by atoms with van der Waals surface area (Å²) in [6.45, 7) is 6.54. The lowest BCUT2D eigenvalue weighted by molar-refractivity contribution is 0.0767. The van der Waals surface area contributed by atoms with Crippen LogP contribution in [0.3, 0.4) is 0 Å². The standard InChI is InChI=1S/C12H20N4O/c1-3-16(4-2)12(17)11-9-10(5-7-15-11)14-8-6-13/h5,7,9H,3-4,6,8,13H2,1-2H3,(H,14,15). The van der Waals surface area contributed by atoms with Crippen molar-refractivity contribution < 1.29 is 4.79 Å². The van der Waals surface area contributed by atoms with Crippen LogP contribution in [-0.2, 0) is 0 Å². The average molecular weight is 236 g/mol. The predicted octanol–water partition coefficient (Wildman–Crippen LogP) is 0.934. The zero-order valence-electron chi connectivity index (χ0n) is 10.4. The second kappa shape index (κ2) is 6.85. The number of anilines is 1. The van der Waals surface area contributed by atoms with Crippen LogP contribution in [-0.4, -0.2) is 42.0 Å². The number of nitrogens with zero attached hydrogens (tertiary/aromatic N) is 2. The second-order valence-corrected chi connectivity index (χ2v) is 3.62. The second-order valence-electron chi connectivity index (χ2n) is 3.62. The molecular weight excluding hydrogens is 216 g/mol. The summed E-state index contributed by atoms with van der Waals surface area (Å²) in [6, 6.07) is 3.59.